The van der Waals surface area contributed by atoms with Crippen molar-refractivity contribution in [2.45, 2.75) is 26.2 Å². The molecule has 33 heavy (non-hydrogen) atoms. The van der Waals surface area contributed by atoms with E-state index in [1.165, 1.54) is 0 Å². The van der Waals surface area contributed by atoms with E-state index < -0.39 is 12.1 Å². The number of hydrogen-bond acceptors (Lipinski definition) is 8. The van der Waals surface area contributed by atoms with Crippen LogP contribution in [0.3, 0.4) is 0 Å². The number of rotatable bonds is 4. The summed E-state index contributed by atoms with van der Waals surface area (Å²) in [5, 5.41) is 14.5. The number of carbonyl (C=O) groups is 1. The first-order valence-electron chi connectivity index (χ1n) is 10.8. The molecule has 0 fully saturated rings. The molecule has 3 aliphatic heterocycles. The second-order valence-electron chi connectivity index (χ2n) is 8.15. The van der Waals surface area contributed by atoms with Gasteiger partial charge in [0.25, 0.3) is 5.56 Å². The van der Waals surface area contributed by atoms with Gasteiger partial charge in [-0.3, -0.25) is 4.79 Å². The largest absolute Gasteiger partial charge is 0.458 e. The van der Waals surface area contributed by atoms with Crippen molar-refractivity contribution >= 4 is 22.9 Å². The molecular weight excluding hydrogens is 426 g/mol. The lowest BCUT2D eigenvalue weighted by molar-refractivity contribution is -0.157. The van der Waals surface area contributed by atoms with Gasteiger partial charge in [0.15, 0.2) is 17.6 Å². The molecule has 2 N–H and O–H groups in total. The first-order chi connectivity index (χ1) is 16.1. The summed E-state index contributed by atoms with van der Waals surface area (Å²) in [7, 11) is 0. The lowest BCUT2D eigenvalue weighted by Gasteiger charge is -2.21. The third-order valence-electron chi connectivity index (χ3n) is 6.29. The fourth-order valence-corrected chi connectivity index (χ4v) is 4.64. The van der Waals surface area contributed by atoms with Crippen LogP contribution in [0.1, 0.15) is 35.3 Å². The highest BCUT2D eigenvalue weighted by atomic mass is 16.7. The molecule has 9 nitrogen and oxygen atoms in total. The molecule has 3 aliphatic rings. The fourth-order valence-electron chi connectivity index (χ4n) is 4.64. The molecule has 0 saturated carbocycles. The number of nitrogens with one attached hydrogen (secondary N) is 1. The number of aliphatic hydroxyl groups is 1. The Morgan fingerprint density at radius 2 is 2.00 bits per heavy atom. The maximum Gasteiger partial charge on any atom is 0.340 e. The third kappa shape index (κ3) is 2.96. The average Bonchev–Trinajstić information content (AvgIpc) is 3.42. The molecule has 0 bridgehead atoms. The SMILES string of the molecule is CCNC/C=C/c1c2c(nc3cc4c(cc13)OCO4)-c1cc3c(c(=O)n1C2)COC(=O)C3O. The van der Waals surface area contributed by atoms with Crippen LogP contribution in [0, 0.1) is 0 Å². The molecule has 0 radical (unpaired) electrons. The van der Waals surface area contributed by atoms with Crippen molar-refractivity contribution in [2.24, 2.45) is 0 Å². The number of nitrogens with zero attached hydrogens (tertiary/aromatic N) is 2. The highest BCUT2D eigenvalue weighted by Crippen LogP contribution is 2.42. The Balaban J connectivity index is 1.59. The number of pyridine rings is 2. The maximum atomic E-state index is 13.3. The van der Waals surface area contributed by atoms with Crippen molar-refractivity contribution in [1.29, 1.82) is 0 Å². The van der Waals surface area contributed by atoms with Gasteiger partial charge in [-0.1, -0.05) is 19.1 Å². The van der Waals surface area contributed by atoms with Crippen LogP contribution in [-0.4, -0.2) is 40.5 Å². The summed E-state index contributed by atoms with van der Waals surface area (Å²) < 4.78 is 17.7. The van der Waals surface area contributed by atoms with Crippen LogP contribution < -0.4 is 20.3 Å². The summed E-state index contributed by atoms with van der Waals surface area (Å²) in [5.41, 5.74) is 4.07. The van der Waals surface area contributed by atoms with E-state index in [-0.39, 0.29) is 24.5 Å². The van der Waals surface area contributed by atoms with Crippen molar-refractivity contribution < 1.29 is 24.1 Å². The van der Waals surface area contributed by atoms with Crippen LogP contribution in [0.25, 0.3) is 28.4 Å². The molecule has 168 valence electrons. The Morgan fingerprint density at radius 1 is 1.18 bits per heavy atom. The van der Waals surface area contributed by atoms with Crippen molar-refractivity contribution in [2.75, 3.05) is 19.9 Å². The van der Waals surface area contributed by atoms with E-state index in [2.05, 4.69) is 5.32 Å². The van der Waals surface area contributed by atoms with Crippen molar-refractivity contribution in [1.82, 2.24) is 14.9 Å². The Bertz CT molecular complexity index is 1420. The summed E-state index contributed by atoms with van der Waals surface area (Å²) in [4.78, 5) is 30.0. The second-order valence-corrected chi connectivity index (χ2v) is 8.15. The van der Waals surface area contributed by atoms with Crippen LogP contribution in [0.2, 0.25) is 0 Å². The summed E-state index contributed by atoms with van der Waals surface area (Å²) >= 11 is 0. The third-order valence-corrected chi connectivity index (χ3v) is 6.29. The topological polar surface area (TPSA) is 112 Å². The molecule has 1 aromatic carbocycles. The predicted molar refractivity (Wildman–Crippen MR) is 119 cm³/mol. The van der Waals surface area contributed by atoms with E-state index in [4.69, 9.17) is 19.2 Å². The predicted octanol–water partition coefficient (Wildman–Crippen LogP) is 1.87. The summed E-state index contributed by atoms with van der Waals surface area (Å²) in [6.45, 7) is 3.95. The monoisotopic (exact) mass is 447 g/mol. The van der Waals surface area contributed by atoms with E-state index in [0.717, 1.165) is 23.1 Å². The van der Waals surface area contributed by atoms with Crippen molar-refractivity contribution in [3.8, 4) is 22.9 Å². The molecular formula is C24H21N3O6. The number of likely N-dealkylation sites (N-methyl/N-ethyl adjacent to an activating group) is 1. The van der Waals surface area contributed by atoms with Gasteiger partial charge in [0, 0.05) is 29.1 Å². The first-order valence-corrected chi connectivity index (χ1v) is 10.8. The maximum absolute atomic E-state index is 13.3. The van der Waals surface area contributed by atoms with E-state index in [0.29, 0.717) is 47.1 Å². The molecule has 0 aliphatic carbocycles. The van der Waals surface area contributed by atoms with Crippen LogP contribution in [0.15, 0.2) is 29.1 Å². The zero-order valence-corrected chi connectivity index (χ0v) is 17.9. The van der Waals surface area contributed by atoms with Gasteiger partial charge >= 0.3 is 5.97 Å². The molecule has 0 amide bonds. The molecule has 5 heterocycles. The van der Waals surface area contributed by atoms with E-state index >= 15 is 0 Å². The first kappa shape index (κ1) is 20.0. The molecule has 1 unspecified atom stereocenters. The van der Waals surface area contributed by atoms with E-state index in [1.54, 1.807) is 10.6 Å². The molecule has 2 aromatic heterocycles. The number of fused-ring (bicyclic) bond motifs is 6. The molecule has 9 heteroatoms. The van der Waals surface area contributed by atoms with E-state index in [1.807, 2.05) is 31.2 Å². The number of aromatic nitrogens is 2. The van der Waals surface area contributed by atoms with Crippen LogP contribution in [-0.2, 0) is 22.7 Å². The van der Waals surface area contributed by atoms with Crippen LogP contribution >= 0.6 is 0 Å². The zero-order chi connectivity index (χ0) is 22.7. The highest BCUT2D eigenvalue weighted by Gasteiger charge is 2.34. The van der Waals surface area contributed by atoms with Gasteiger partial charge in [-0.2, -0.15) is 0 Å². The molecule has 0 spiro atoms. The average molecular weight is 447 g/mol. The Labute approximate surface area is 188 Å². The second kappa shape index (κ2) is 7.43. The number of cyclic esters (lactones) is 1. The Morgan fingerprint density at radius 3 is 2.82 bits per heavy atom. The van der Waals surface area contributed by atoms with Gasteiger partial charge < -0.3 is 29.2 Å². The van der Waals surface area contributed by atoms with Crippen LogP contribution in [0.5, 0.6) is 11.5 Å². The normalized spacial score (nSPS) is 17.9. The van der Waals surface area contributed by atoms with Gasteiger partial charge in [0.1, 0.15) is 6.61 Å². The lowest BCUT2D eigenvalue weighted by Crippen LogP contribution is -2.32. The number of aliphatic hydroxyl groups excluding tert-OH is 1. The van der Waals surface area contributed by atoms with Crippen LogP contribution in [0.4, 0.5) is 0 Å². The molecule has 6 rings (SSSR count). The molecule has 1 atom stereocenters. The van der Waals surface area contributed by atoms with E-state index in [9.17, 15) is 14.7 Å². The molecule has 3 aromatic rings. The van der Waals surface area contributed by atoms with Gasteiger partial charge in [-0.05, 0) is 24.2 Å². The summed E-state index contributed by atoms with van der Waals surface area (Å²) in [6, 6.07) is 5.45. The summed E-state index contributed by atoms with van der Waals surface area (Å²) in [6.07, 6.45) is 2.59. The highest BCUT2D eigenvalue weighted by molar-refractivity contribution is 5.95. The van der Waals surface area contributed by atoms with Crippen molar-refractivity contribution in [3.63, 3.8) is 0 Å². The number of hydrogen-bond donors (Lipinski definition) is 2. The number of esters is 1. The van der Waals surface area contributed by atoms with Gasteiger partial charge in [-0.25, -0.2) is 9.78 Å². The Hall–Kier alpha value is -3.69. The quantitative estimate of drug-likeness (QED) is 0.360. The smallest absolute Gasteiger partial charge is 0.340 e. The number of benzene rings is 1. The molecule has 0 saturated heterocycles. The van der Waals surface area contributed by atoms with Gasteiger partial charge in [0.2, 0.25) is 6.79 Å². The minimum Gasteiger partial charge on any atom is -0.458 e. The zero-order valence-electron chi connectivity index (χ0n) is 17.9. The number of ether oxygens (including phenoxy) is 3. The minimum absolute atomic E-state index is 0.146. The summed E-state index contributed by atoms with van der Waals surface area (Å²) in [5.74, 6) is 0.528. The minimum atomic E-state index is -1.48. The standard InChI is InChI=1S/C24H21N3O6/c1-2-25-5-3-4-12-13-7-19-20(33-11-32-19)8-17(13)26-21-15(12)9-27-18(21)6-14-16(23(27)29)10-31-24(30)22(14)28/h3-4,6-8,22,25,28H,2,5,9-11H2,1H3/b4-3+. The fraction of sp³-hybridized carbons (Fsp3) is 0.292. The van der Waals surface area contributed by atoms with Gasteiger partial charge in [0.05, 0.1) is 29.0 Å². The lowest BCUT2D eigenvalue weighted by atomic mass is 9.98. The number of carbonyl (C=O) groups excluding carboxylic acids is 1. The Kier molecular flexibility index (Phi) is 4.49. The van der Waals surface area contributed by atoms with Crippen molar-refractivity contribution in [3.05, 3.63) is 56.9 Å². The van der Waals surface area contributed by atoms with Gasteiger partial charge in [-0.15, -0.1) is 0 Å².